The molecule has 0 bridgehead atoms. The molecular weight excluding hydrogens is 210 g/mol. The minimum Gasteiger partial charge on any atom is -0.321 e. The Morgan fingerprint density at radius 1 is 1.18 bits per heavy atom. The molecule has 1 heterocycles. The number of aryl methyl sites for hydroxylation is 1. The van der Waals surface area contributed by atoms with Crippen LogP contribution in [0.5, 0.6) is 0 Å². The first kappa shape index (κ1) is 11.1. The summed E-state index contributed by atoms with van der Waals surface area (Å²) in [4.78, 5) is 9.27. The molecule has 1 atom stereocenters. The van der Waals surface area contributed by atoms with Crippen LogP contribution in [0, 0.1) is 12.8 Å². The third-order valence-electron chi connectivity index (χ3n) is 4.09. The molecule has 1 aromatic heterocycles. The van der Waals surface area contributed by atoms with Crippen LogP contribution in [0.3, 0.4) is 0 Å². The van der Waals surface area contributed by atoms with Crippen molar-refractivity contribution in [1.29, 1.82) is 0 Å². The van der Waals surface area contributed by atoms with Crippen molar-refractivity contribution in [1.82, 2.24) is 9.97 Å². The first-order chi connectivity index (χ1) is 8.24. The minimum absolute atomic E-state index is 0.0649. The normalized spacial score (nSPS) is 22.9. The van der Waals surface area contributed by atoms with E-state index < -0.39 is 0 Å². The van der Waals surface area contributed by atoms with Gasteiger partial charge in [-0.2, -0.15) is 0 Å². The lowest BCUT2D eigenvalue weighted by Crippen LogP contribution is -2.18. The van der Waals surface area contributed by atoms with Crippen LogP contribution in [-0.4, -0.2) is 9.97 Å². The quantitative estimate of drug-likeness (QED) is 0.870. The maximum atomic E-state index is 6.21. The SMILES string of the molecule is Cc1cc(C2CCCC2)nc(C(N)C2CC2)n1. The van der Waals surface area contributed by atoms with Gasteiger partial charge in [-0.3, -0.25) is 0 Å². The van der Waals surface area contributed by atoms with Crippen molar-refractivity contribution < 1.29 is 0 Å². The summed E-state index contributed by atoms with van der Waals surface area (Å²) in [6.45, 7) is 2.06. The maximum Gasteiger partial charge on any atom is 0.145 e. The summed E-state index contributed by atoms with van der Waals surface area (Å²) in [5.74, 6) is 2.17. The Morgan fingerprint density at radius 3 is 2.53 bits per heavy atom. The van der Waals surface area contributed by atoms with Gasteiger partial charge in [-0.15, -0.1) is 0 Å². The van der Waals surface area contributed by atoms with Crippen LogP contribution in [0.1, 0.15) is 67.7 Å². The number of hydrogen-bond donors (Lipinski definition) is 1. The molecule has 2 aliphatic rings. The molecule has 3 nitrogen and oxygen atoms in total. The molecule has 0 spiro atoms. The van der Waals surface area contributed by atoms with Crippen molar-refractivity contribution in [2.45, 2.75) is 57.4 Å². The number of nitrogens with two attached hydrogens (primary N) is 1. The van der Waals surface area contributed by atoms with Crippen molar-refractivity contribution in [3.05, 3.63) is 23.3 Å². The molecule has 2 saturated carbocycles. The van der Waals surface area contributed by atoms with E-state index in [2.05, 4.69) is 18.0 Å². The average molecular weight is 231 g/mol. The highest BCUT2D eigenvalue weighted by molar-refractivity contribution is 5.17. The molecule has 2 N–H and O–H groups in total. The Labute approximate surface area is 103 Å². The van der Waals surface area contributed by atoms with E-state index in [-0.39, 0.29) is 6.04 Å². The molecule has 3 heteroatoms. The molecule has 0 aromatic carbocycles. The predicted octanol–water partition coefficient (Wildman–Crippen LogP) is 2.85. The van der Waals surface area contributed by atoms with Gasteiger partial charge in [0.25, 0.3) is 0 Å². The topological polar surface area (TPSA) is 51.8 Å². The van der Waals surface area contributed by atoms with E-state index in [9.17, 15) is 0 Å². The molecule has 0 aliphatic heterocycles. The van der Waals surface area contributed by atoms with Gasteiger partial charge in [0, 0.05) is 17.3 Å². The van der Waals surface area contributed by atoms with Crippen LogP contribution in [0.4, 0.5) is 0 Å². The van der Waals surface area contributed by atoms with Gasteiger partial charge in [0.15, 0.2) is 0 Å². The third-order valence-corrected chi connectivity index (χ3v) is 4.09. The van der Waals surface area contributed by atoms with Gasteiger partial charge in [-0.05, 0) is 44.6 Å². The Morgan fingerprint density at radius 2 is 1.88 bits per heavy atom. The second kappa shape index (κ2) is 4.37. The monoisotopic (exact) mass is 231 g/mol. The molecule has 17 heavy (non-hydrogen) atoms. The Hall–Kier alpha value is -0.960. The molecule has 2 fully saturated rings. The van der Waals surface area contributed by atoms with E-state index in [0.29, 0.717) is 11.8 Å². The lowest BCUT2D eigenvalue weighted by atomic mass is 10.0. The molecular formula is C14H21N3. The summed E-state index contributed by atoms with van der Waals surface area (Å²) in [7, 11) is 0. The Balaban J connectivity index is 1.88. The van der Waals surface area contributed by atoms with Gasteiger partial charge in [0.1, 0.15) is 5.82 Å². The molecule has 3 rings (SSSR count). The molecule has 0 amide bonds. The third kappa shape index (κ3) is 2.34. The number of rotatable bonds is 3. The Kier molecular flexibility index (Phi) is 2.87. The highest BCUT2D eigenvalue weighted by Gasteiger charge is 2.32. The fraction of sp³-hybridized carbons (Fsp3) is 0.714. The predicted molar refractivity (Wildman–Crippen MR) is 67.6 cm³/mol. The fourth-order valence-corrected chi connectivity index (χ4v) is 2.86. The maximum absolute atomic E-state index is 6.21. The van der Waals surface area contributed by atoms with Crippen molar-refractivity contribution in [2.75, 3.05) is 0 Å². The van der Waals surface area contributed by atoms with E-state index in [1.54, 1.807) is 0 Å². The molecule has 0 saturated heterocycles. The average Bonchev–Trinajstić information content (AvgIpc) is 3.02. The van der Waals surface area contributed by atoms with Crippen LogP contribution in [0.2, 0.25) is 0 Å². The summed E-state index contributed by atoms with van der Waals surface area (Å²) in [5.41, 5.74) is 8.53. The van der Waals surface area contributed by atoms with Gasteiger partial charge < -0.3 is 5.73 Å². The smallest absolute Gasteiger partial charge is 0.145 e. The van der Waals surface area contributed by atoms with E-state index >= 15 is 0 Å². The van der Waals surface area contributed by atoms with E-state index in [1.807, 2.05) is 0 Å². The number of nitrogens with zero attached hydrogens (tertiary/aromatic N) is 2. The van der Waals surface area contributed by atoms with Crippen LogP contribution >= 0.6 is 0 Å². The largest absolute Gasteiger partial charge is 0.321 e. The lowest BCUT2D eigenvalue weighted by Gasteiger charge is -2.14. The van der Waals surface area contributed by atoms with Gasteiger partial charge in [0.2, 0.25) is 0 Å². The second-order valence-corrected chi connectivity index (χ2v) is 5.64. The summed E-state index contributed by atoms with van der Waals surface area (Å²) in [5, 5.41) is 0. The molecule has 92 valence electrons. The summed E-state index contributed by atoms with van der Waals surface area (Å²) >= 11 is 0. The van der Waals surface area contributed by atoms with Crippen molar-refractivity contribution in [3.8, 4) is 0 Å². The van der Waals surface area contributed by atoms with Gasteiger partial charge in [-0.1, -0.05) is 12.8 Å². The van der Waals surface area contributed by atoms with Gasteiger partial charge in [0.05, 0.1) is 6.04 Å². The first-order valence-electron chi connectivity index (χ1n) is 6.85. The van der Waals surface area contributed by atoms with E-state index in [1.165, 1.54) is 44.2 Å². The minimum atomic E-state index is 0.0649. The van der Waals surface area contributed by atoms with E-state index in [0.717, 1.165) is 11.5 Å². The molecule has 0 radical (unpaired) electrons. The van der Waals surface area contributed by atoms with Crippen LogP contribution in [0.15, 0.2) is 6.07 Å². The van der Waals surface area contributed by atoms with Crippen LogP contribution < -0.4 is 5.73 Å². The lowest BCUT2D eigenvalue weighted by molar-refractivity contribution is 0.577. The van der Waals surface area contributed by atoms with Gasteiger partial charge >= 0.3 is 0 Å². The van der Waals surface area contributed by atoms with Crippen LogP contribution in [0.25, 0.3) is 0 Å². The standard InChI is InChI=1S/C14H21N3/c1-9-8-12(10-4-2-3-5-10)17-14(16-9)13(15)11-6-7-11/h8,10-11,13H,2-7,15H2,1H3. The summed E-state index contributed by atoms with van der Waals surface area (Å²) in [6, 6.07) is 2.22. The summed E-state index contributed by atoms with van der Waals surface area (Å²) in [6.07, 6.45) is 7.76. The zero-order valence-electron chi connectivity index (χ0n) is 10.5. The van der Waals surface area contributed by atoms with E-state index in [4.69, 9.17) is 10.7 Å². The molecule has 1 aromatic rings. The van der Waals surface area contributed by atoms with Crippen molar-refractivity contribution in [3.63, 3.8) is 0 Å². The van der Waals surface area contributed by atoms with Crippen molar-refractivity contribution in [2.24, 2.45) is 11.7 Å². The fourth-order valence-electron chi connectivity index (χ4n) is 2.86. The first-order valence-corrected chi connectivity index (χ1v) is 6.85. The highest BCUT2D eigenvalue weighted by Crippen LogP contribution is 2.39. The Bertz CT molecular complexity index is 386. The molecule has 2 aliphatic carbocycles. The zero-order chi connectivity index (χ0) is 11.8. The van der Waals surface area contributed by atoms with Gasteiger partial charge in [-0.25, -0.2) is 9.97 Å². The number of aromatic nitrogens is 2. The van der Waals surface area contributed by atoms with Crippen LogP contribution in [-0.2, 0) is 0 Å². The second-order valence-electron chi connectivity index (χ2n) is 5.64. The van der Waals surface area contributed by atoms with Crippen molar-refractivity contribution >= 4 is 0 Å². The highest BCUT2D eigenvalue weighted by atomic mass is 14.9. The molecule has 1 unspecified atom stereocenters. The zero-order valence-corrected chi connectivity index (χ0v) is 10.5. The number of hydrogen-bond acceptors (Lipinski definition) is 3. The summed E-state index contributed by atoms with van der Waals surface area (Å²) < 4.78 is 0.